The van der Waals surface area contributed by atoms with Gasteiger partial charge in [0.05, 0.1) is 0 Å². The van der Waals surface area contributed by atoms with E-state index in [1.54, 1.807) is 0 Å². The molecule has 0 saturated heterocycles. The van der Waals surface area contributed by atoms with Gasteiger partial charge in [-0.25, -0.2) is 4.79 Å². The molecule has 4 unspecified atom stereocenters. The zero-order chi connectivity index (χ0) is 19.5. The Kier molecular flexibility index (Phi) is 3.42. The topological polar surface area (TPSA) is 29.5 Å². The molecule has 0 N–H and O–H groups in total. The van der Waals surface area contributed by atoms with E-state index in [9.17, 15) is 4.79 Å². The van der Waals surface area contributed by atoms with Gasteiger partial charge in [-0.2, -0.15) is 0 Å². The molecule has 28 heavy (non-hydrogen) atoms. The number of carbonyl (C=O) groups is 1. The highest BCUT2D eigenvalue weighted by atomic mass is 16.6. The van der Waals surface area contributed by atoms with Crippen LogP contribution in [0.5, 0.6) is 0 Å². The number of fused-ring (bicyclic) bond motifs is 1. The van der Waals surface area contributed by atoms with Gasteiger partial charge in [0.15, 0.2) is 0 Å². The maximum Gasteiger partial charge on any atom is 0.411 e. The Balaban J connectivity index is 1.41. The van der Waals surface area contributed by atoms with Crippen molar-refractivity contribution in [2.45, 2.75) is 115 Å². The molecule has 0 heterocycles. The summed E-state index contributed by atoms with van der Waals surface area (Å²) in [7, 11) is 0. The minimum Gasteiger partial charge on any atom is -0.444 e. The molecule has 0 aromatic rings. The van der Waals surface area contributed by atoms with Gasteiger partial charge in [0.1, 0.15) is 5.60 Å². The van der Waals surface area contributed by atoms with E-state index in [1.165, 1.54) is 70.6 Å². The van der Waals surface area contributed by atoms with E-state index in [0.29, 0.717) is 5.41 Å². The second kappa shape index (κ2) is 5.30. The van der Waals surface area contributed by atoms with Crippen molar-refractivity contribution >= 4 is 6.09 Å². The van der Waals surface area contributed by atoms with Crippen LogP contribution in [-0.4, -0.2) is 27.7 Å². The van der Waals surface area contributed by atoms with Crippen molar-refractivity contribution < 1.29 is 9.53 Å². The van der Waals surface area contributed by atoms with E-state index >= 15 is 0 Å². The first-order valence-electron chi connectivity index (χ1n) is 12.1. The van der Waals surface area contributed by atoms with Crippen molar-refractivity contribution in [2.24, 2.45) is 35.0 Å². The van der Waals surface area contributed by atoms with Crippen molar-refractivity contribution in [3.63, 3.8) is 0 Å². The van der Waals surface area contributed by atoms with Crippen LogP contribution in [0.15, 0.2) is 0 Å². The molecule has 156 valence electrons. The normalized spacial score (nSPS) is 53.1. The average Bonchev–Trinajstić information content (AvgIpc) is 3.04. The number of amides is 1. The molecule has 0 aromatic heterocycles. The fourth-order valence-corrected chi connectivity index (χ4v) is 9.81. The quantitative estimate of drug-likeness (QED) is 0.569. The van der Waals surface area contributed by atoms with Gasteiger partial charge < -0.3 is 4.74 Å². The highest BCUT2D eigenvalue weighted by Gasteiger charge is 2.72. The lowest BCUT2D eigenvalue weighted by Crippen LogP contribution is -2.69. The van der Waals surface area contributed by atoms with Crippen molar-refractivity contribution in [2.75, 3.05) is 0 Å². The maximum absolute atomic E-state index is 13.9. The molecule has 0 aromatic carbocycles. The summed E-state index contributed by atoms with van der Waals surface area (Å²) in [6, 6.07) is 0. The van der Waals surface area contributed by atoms with E-state index in [0.717, 1.165) is 29.6 Å². The SMILES string of the molecule is CC1CC23CC2CC(N(C(=O)OC(C)(C)C)C24CC5CC(CC(C5)C2)C4)(C1)C3. The minimum atomic E-state index is -0.409. The van der Waals surface area contributed by atoms with Crippen LogP contribution in [0.4, 0.5) is 4.79 Å². The molecule has 0 radical (unpaired) electrons. The number of rotatable bonds is 2. The van der Waals surface area contributed by atoms with Crippen LogP contribution in [0.1, 0.15) is 98.3 Å². The van der Waals surface area contributed by atoms with Gasteiger partial charge in [0.2, 0.25) is 0 Å². The average molecular weight is 386 g/mol. The summed E-state index contributed by atoms with van der Waals surface area (Å²) in [5.74, 6) is 4.21. The van der Waals surface area contributed by atoms with Gasteiger partial charge >= 0.3 is 6.09 Å². The van der Waals surface area contributed by atoms with E-state index in [-0.39, 0.29) is 17.2 Å². The van der Waals surface area contributed by atoms with Crippen molar-refractivity contribution in [3.05, 3.63) is 0 Å². The smallest absolute Gasteiger partial charge is 0.411 e. The molecule has 7 aliphatic rings. The molecular weight excluding hydrogens is 346 g/mol. The van der Waals surface area contributed by atoms with Crippen molar-refractivity contribution in [3.8, 4) is 0 Å². The summed E-state index contributed by atoms with van der Waals surface area (Å²) in [5.41, 5.74) is 0.370. The summed E-state index contributed by atoms with van der Waals surface area (Å²) in [6.07, 6.45) is 14.7. The van der Waals surface area contributed by atoms with E-state index < -0.39 is 5.60 Å². The van der Waals surface area contributed by atoms with Gasteiger partial charge in [0, 0.05) is 11.1 Å². The van der Waals surface area contributed by atoms with Crippen LogP contribution in [0.3, 0.4) is 0 Å². The first kappa shape index (κ1) is 18.1. The third-order valence-electron chi connectivity index (χ3n) is 9.68. The highest BCUT2D eigenvalue weighted by molar-refractivity contribution is 5.71. The fraction of sp³-hybridized carbons (Fsp3) is 0.960. The van der Waals surface area contributed by atoms with Crippen LogP contribution in [-0.2, 0) is 4.74 Å². The summed E-state index contributed by atoms with van der Waals surface area (Å²) in [6.45, 7) is 8.57. The Hall–Kier alpha value is -0.730. The molecule has 4 atom stereocenters. The minimum absolute atomic E-state index is 0.0278. The third-order valence-corrected chi connectivity index (χ3v) is 9.68. The van der Waals surface area contributed by atoms with Crippen LogP contribution < -0.4 is 0 Å². The number of carbonyl (C=O) groups excluding carboxylic acids is 1. The number of hydrogen-bond donors (Lipinski definition) is 0. The first-order valence-corrected chi connectivity index (χ1v) is 12.1. The Morgan fingerprint density at radius 2 is 1.46 bits per heavy atom. The van der Waals surface area contributed by atoms with Gasteiger partial charge in [-0.1, -0.05) is 6.92 Å². The Morgan fingerprint density at radius 1 is 0.857 bits per heavy atom. The van der Waals surface area contributed by atoms with Crippen LogP contribution in [0.25, 0.3) is 0 Å². The van der Waals surface area contributed by atoms with Crippen molar-refractivity contribution in [1.29, 1.82) is 0 Å². The lowest BCUT2D eigenvalue weighted by Gasteiger charge is -2.64. The molecule has 1 spiro atoms. The van der Waals surface area contributed by atoms with Gasteiger partial charge in [0.25, 0.3) is 0 Å². The lowest BCUT2D eigenvalue weighted by atomic mass is 9.51. The van der Waals surface area contributed by atoms with Gasteiger partial charge in [-0.05, 0) is 126 Å². The predicted octanol–water partition coefficient (Wildman–Crippen LogP) is 6.16. The Labute approximate surface area is 170 Å². The van der Waals surface area contributed by atoms with Gasteiger partial charge in [-0.15, -0.1) is 0 Å². The molecular formula is C25H39NO2. The Bertz CT molecular complexity index is 658. The number of ether oxygens (including phenoxy) is 1. The van der Waals surface area contributed by atoms with E-state index in [1.807, 2.05) is 20.8 Å². The van der Waals surface area contributed by atoms with Gasteiger partial charge in [-0.3, -0.25) is 4.90 Å². The highest BCUT2D eigenvalue weighted by Crippen LogP contribution is 2.75. The van der Waals surface area contributed by atoms with Crippen LogP contribution in [0, 0.1) is 35.0 Å². The lowest BCUT2D eigenvalue weighted by molar-refractivity contribution is -0.136. The summed E-state index contributed by atoms with van der Waals surface area (Å²) in [4.78, 5) is 16.4. The molecule has 7 aliphatic carbocycles. The molecule has 3 nitrogen and oxygen atoms in total. The molecule has 3 heteroatoms. The molecule has 0 aliphatic heterocycles. The second-order valence-corrected chi connectivity index (χ2v) is 13.3. The summed E-state index contributed by atoms with van der Waals surface area (Å²) in [5, 5.41) is 0. The van der Waals surface area contributed by atoms with Crippen LogP contribution >= 0.6 is 0 Å². The summed E-state index contributed by atoms with van der Waals surface area (Å²) < 4.78 is 6.16. The number of nitrogens with zero attached hydrogens (tertiary/aromatic N) is 1. The predicted molar refractivity (Wildman–Crippen MR) is 110 cm³/mol. The maximum atomic E-state index is 13.9. The molecule has 6 bridgehead atoms. The fourth-order valence-electron chi connectivity index (χ4n) is 9.81. The monoisotopic (exact) mass is 385 g/mol. The third kappa shape index (κ3) is 2.49. The molecule has 7 fully saturated rings. The van der Waals surface area contributed by atoms with E-state index in [2.05, 4.69) is 11.8 Å². The Morgan fingerprint density at radius 3 is 2.04 bits per heavy atom. The zero-order valence-electron chi connectivity index (χ0n) is 18.4. The molecule has 1 amide bonds. The van der Waals surface area contributed by atoms with E-state index in [4.69, 9.17) is 4.74 Å². The molecule has 7 rings (SSSR count). The van der Waals surface area contributed by atoms with Crippen LogP contribution in [0.2, 0.25) is 0 Å². The standard InChI is InChI=1S/C25H39NO2/c1-16-8-23-13-20(23)14-25(9-16,15-23)26(21(27)28-22(2,3)4)24-10-17-5-18(11-24)7-19(6-17)12-24/h16-20H,5-15H2,1-4H3. The van der Waals surface area contributed by atoms with Crippen molar-refractivity contribution in [1.82, 2.24) is 4.90 Å². The summed E-state index contributed by atoms with van der Waals surface area (Å²) >= 11 is 0. The molecule has 7 saturated carbocycles. The zero-order valence-corrected chi connectivity index (χ0v) is 18.4. The second-order valence-electron chi connectivity index (χ2n) is 13.3. The largest absolute Gasteiger partial charge is 0.444 e. The number of hydrogen-bond acceptors (Lipinski definition) is 2. The first-order chi connectivity index (χ1) is 13.1.